The number of hydrogen-bond donors (Lipinski definition) is 0. The molecular formula is C24H36O8Si. The highest BCUT2D eigenvalue weighted by Crippen LogP contribution is 2.27. The summed E-state index contributed by atoms with van der Waals surface area (Å²) >= 11 is 0. The molecule has 4 unspecified atom stereocenters. The van der Waals surface area contributed by atoms with Gasteiger partial charge in [0.05, 0.1) is 24.4 Å². The molecule has 0 aromatic rings. The molecule has 0 aliphatic carbocycles. The first-order valence-corrected chi connectivity index (χ1v) is 12.6. The Morgan fingerprint density at radius 2 is 0.697 bits per heavy atom. The van der Waals surface area contributed by atoms with Gasteiger partial charge in [-0.25, -0.2) is 0 Å². The molecule has 0 spiro atoms. The molecule has 33 heavy (non-hydrogen) atoms. The highest BCUT2D eigenvalue weighted by atomic mass is 28.4. The molecule has 0 aromatic heterocycles. The van der Waals surface area contributed by atoms with Gasteiger partial charge in [0.15, 0.2) is 0 Å². The van der Waals surface area contributed by atoms with Crippen molar-refractivity contribution in [3.63, 3.8) is 0 Å². The molecule has 0 aliphatic rings. The first-order chi connectivity index (χ1) is 16.0. The average Bonchev–Trinajstić information content (AvgIpc) is 2.84. The second kappa shape index (κ2) is 19.2. The van der Waals surface area contributed by atoms with E-state index in [4.69, 9.17) is 17.7 Å². The highest BCUT2D eigenvalue weighted by Gasteiger charge is 2.52. The lowest BCUT2D eigenvalue weighted by Gasteiger charge is -2.36. The first-order valence-electron chi connectivity index (χ1n) is 10.9. The summed E-state index contributed by atoms with van der Waals surface area (Å²) < 4.78 is 24.9. The van der Waals surface area contributed by atoms with E-state index < -0.39 is 33.5 Å². The highest BCUT2D eigenvalue weighted by molar-refractivity contribution is 6.54. The molecule has 0 aromatic carbocycles. The molecule has 0 amide bonds. The Kier molecular flexibility index (Phi) is 17.9. The number of hydrogen-bond acceptors (Lipinski definition) is 8. The van der Waals surface area contributed by atoms with Gasteiger partial charge in [-0.2, -0.15) is 0 Å². The van der Waals surface area contributed by atoms with E-state index in [0.717, 1.165) is 25.1 Å². The zero-order valence-corrected chi connectivity index (χ0v) is 20.2. The number of carbonyl (C=O) groups is 4. The number of aldehydes is 4. The molecule has 0 rings (SSSR count). The van der Waals surface area contributed by atoms with E-state index in [9.17, 15) is 19.2 Å². The van der Waals surface area contributed by atoms with Crippen LogP contribution in [0.4, 0.5) is 0 Å². The van der Waals surface area contributed by atoms with Gasteiger partial charge < -0.3 is 36.9 Å². The maximum Gasteiger partial charge on any atom is 0.681 e. The van der Waals surface area contributed by atoms with E-state index in [0.29, 0.717) is 25.7 Å². The predicted molar refractivity (Wildman–Crippen MR) is 127 cm³/mol. The van der Waals surface area contributed by atoms with Crippen molar-refractivity contribution in [1.29, 1.82) is 0 Å². The summed E-state index contributed by atoms with van der Waals surface area (Å²) in [6.45, 7) is 15.0. The van der Waals surface area contributed by atoms with Gasteiger partial charge in [0.2, 0.25) is 0 Å². The lowest BCUT2D eigenvalue weighted by Crippen LogP contribution is -2.56. The van der Waals surface area contributed by atoms with E-state index in [1.807, 2.05) is 0 Å². The fourth-order valence-corrected chi connectivity index (χ4v) is 5.41. The Morgan fingerprint density at radius 1 is 0.485 bits per heavy atom. The number of rotatable bonds is 24. The number of carbonyl (C=O) groups excluding carboxylic acids is 4. The minimum atomic E-state index is -4.08. The molecule has 0 N–H and O–H groups in total. The van der Waals surface area contributed by atoms with E-state index in [1.165, 1.54) is 24.3 Å². The van der Waals surface area contributed by atoms with E-state index in [2.05, 4.69) is 26.3 Å². The first kappa shape index (κ1) is 30.7. The molecule has 0 heterocycles. The minimum Gasteiger partial charge on any atom is -0.344 e. The quantitative estimate of drug-likeness (QED) is 0.117. The maximum absolute atomic E-state index is 10.9. The molecule has 4 atom stereocenters. The van der Waals surface area contributed by atoms with Crippen LogP contribution in [0, 0.1) is 0 Å². The zero-order valence-electron chi connectivity index (χ0n) is 19.2. The van der Waals surface area contributed by atoms with Crippen LogP contribution >= 0.6 is 0 Å². The van der Waals surface area contributed by atoms with Crippen LogP contribution in [0.15, 0.2) is 50.6 Å². The van der Waals surface area contributed by atoms with Gasteiger partial charge in [0.1, 0.15) is 25.1 Å². The summed E-state index contributed by atoms with van der Waals surface area (Å²) in [5, 5.41) is 0. The van der Waals surface area contributed by atoms with Crippen LogP contribution in [0.25, 0.3) is 0 Å². The van der Waals surface area contributed by atoms with Gasteiger partial charge in [-0.15, -0.1) is 26.3 Å². The van der Waals surface area contributed by atoms with Crippen molar-refractivity contribution in [2.24, 2.45) is 0 Å². The van der Waals surface area contributed by atoms with Crippen molar-refractivity contribution < 1.29 is 36.9 Å². The van der Waals surface area contributed by atoms with Gasteiger partial charge in [-0.05, 0) is 25.7 Å². The summed E-state index contributed by atoms with van der Waals surface area (Å²) in [5.74, 6) is 0. The fraction of sp³-hybridized carbons (Fsp3) is 0.500. The molecule has 8 nitrogen and oxygen atoms in total. The van der Waals surface area contributed by atoms with Crippen LogP contribution in [0.2, 0.25) is 0 Å². The molecule has 184 valence electrons. The Labute approximate surface area is 197 Å². The standard InChI is InChI=1S/C24H36O8Si/c1-5-21(13-9-17-25)29-33(30-22(6-2)14-10-18-26,31-23(7-3)15-11-19-27)32-24(8-4)16-12-20-28/h5-8,17-24H,1-4,9-16H2. The maximum atomic E-state index is 10.9. The van der Waals surface area contributed by atoms with Crippen LogP contribution in [0.3, 0.4) is 0 Å². The SMILES string of the molecule is C=CC(CCC=O)O[Si](OC(C=C)CCC=O)(OC(C=C)CCC=O)OC(C=C)CCC=O. The summed E-state index contributed by atoms with van der Waals surface area (Å²) in [7, 11) is -4.08. The molecule has 0 saturated heterocycles. The zero-order chi connectivity index (χ0) is 25.0. The summed E-state index contributed by atoms with van der Waals surface area (Å²) in [6.07, 6.45) is 8.59. The Balaban J connectivity index is 6.26. The molecule has 0 aliphatic heterocycles. The Hall–Kier alpha value is -2.30. The van der Waals surface area contributed by atoms with Gasteiger partial charge in [-0.1, -0.05) is 24.3 Å². The summed E-state index contributed by atoms with van der Waals surface area (Å²) in [4.78, 5) is 43.6. The molecule has 9 heteroatoms. The van der Waals surface area contributed by atoms with Crippen LogP contribution < -0.4 is 0 Å². The molecular weight excluding hydrogens is 444 g/mol. The van der Waals surface area contributed by atoms with Crippen molar-refractivity contribution in [2.75, 3.05) is 0 Å². The van der Waals surface area contributed by atoms with Gasteiger partial charge in [0.25, 0.3) is 0 Å². The fourth-order valence-electron chi connectivity index (χ4n) is 2.74. The third-order valence-electron chi connectivity index (χ3n) is 4.51. The second-order valence-corrected chi connectivity index (χ2v) is 8.99. The Bertz CT molecular complexity index is 526. The van der Waals surface area contributed by atoms with Crippen molar-refractivity contribution >= 4 is 34.2 Å². The topological polar surface area (TPSA) is 105 Å². The monoisotopic (exact) mass is 480 g/mol. The van der Waals surface area contributed by atoms with Gasteiger partial charge >= 0.3 is 9.05 Å². The Morgan fingerprint density at radius 3 is 0.848 bits per heavy atom. The third kappa shape index (κ3) is 13.1. The van der Waals surface area contributed by atoms with Crippen molar-refractivity contribution in [3.8, 4) is 0 Å². The lowest BCUT2D eigenvalue weighted by molar-refractivity contribution is -0.110. The van der Waals surface area contributed by atoms with E-state index in [-0.39, 0.29) is 25.7 Å². The minimum absolute atomic E-state index is 0.212. The smallest absolute Gasteiger partial charge is 0.344 e. The molecule has 0 radical (unpaired) electrons. The largest absolute Gasteiger partial charge is 0.681 e. The van der Waals surface area contributed by atoms with Crippen LogP contribution in [-0.4, -0.2) is 58.6 Å². The predicted octanol–water partition coefficient (Wildman–Crippen LogP) is 3.62. The second-order valence-electron chi connectivity index (χ2n) is 7.04. The van der Waals surface area contributed by atoms with Gasteiger partial charge in [-0.3, -0.25) is 0 Å². The van der Waals surface area contributed by atoms with Gasteiger partial charge in [0, 0.05) is 25.7 Å². The van der Waals surface area contributed by atoms with Crippen LogP contribution in [0.1, 0.15) is 51.4 Å². The lowest BCUT2D eigenvalue weighted by atomic mass is 10.2. The van der Waals surface area contributed by atoms with Crippen LogP contribution in [0.5, 0.6) is 0 Å². The molecule has 0 bridgehead atoms. The summed E-state index contributed by atoms with van der Waals surface area (Å²) in [6, 6.07) is 0. The third-order valence-corrected chi connectivity index (χ3v) is 6.88. The molecule has 0 saturated carbocycles. The van der Waals surface area contributed by atoms with E-state index >= 15 is 0 Å². The van der Waals surface area contributed by atoms with Crippen molar-refractivity contribution in [3.05, 3.63) is 50.6 Å². The van der Waals surface area contributed by atoms with Crippen molar-refractivity contribution in [1.82, 2.24) is 0 Å². The average molecular weight is 481 g/mol. The van der Waals surface area contributed by atoms with E-state index in [1.54, 1.807) is 0 Å². The molecule has 0 fully saturated rings. The summed E-state index contributed by atoms with van der Waals surface area (Å²) in [5.41, 5.74) is 0. The van der Waals surface area contributed by atoms with Crippen LogP contribution in [-0.2, 0) is 36.9 Å². The normalized spacial score (nSPS) is 16.2. The van der Waals surface area contributed by atoms with Crippen molar-refractivity contribution in [2.45, 2.75) is 75.8 Å².